The molecule has 118 valence electrons. The lowest BCUT2D eigenvalue weighted by molar-refractivity contribution is 1.05. The smallest absolute Gasteiger partial charge is 0.0922 e. The number of nitrogens with zero attached hydrogens (tertiary/aromatic N) is 1. The van der Waals surface area contributed by atoms with E-state index in [1.54, 1.807) is 11.8 Å². The molecule has 0 fully saturated rings. The Hall–Kier alpha value is -2.16. The molecular formula is C21H16ClNS. The molecule has 1 nitrogen and oxygen atoms in total. The van der Waals surface area contributed by atoms with Crippen molar-refractivity contribution >= 4 is 28.9 Å². The van der Waals surface area contributed by atoms with E-state index in [4.69, 9.17) is 11.6 Å². The first-order valence-electron chi connectivity index (χ1n) is 7.81. The lowest BCUT2D eigenvalue weighted by Gasteiger charge is -2.07. The fraction of sp³-hybridized carbons (Fsp3) is 0.0476. The van der Waals surface area contributed by atoms with Crippen molar-refractivity contribution in [3.63, 3.8) is 0 Å². The average Bonchev–Trinajstić information content (AvgIpc) is 2.96. The second-order valence-corrected chi connectivity index (χ2v) is 7.28. The summed E-state index contributed by atoms with van der Waals surface area (Å²) in [6, 6.07) is 25.2. The Morgan fingerprint density at radius 3 is 2.38 bits per heavy atom. The van der Waals surface area contributed by atoms with Crippen molar-refractivity contribution in [2.24, 2.45) is 0 Å². The van der Waals surface area contributed by atoms with E-state index in [0.29, 0.717) is 0 Å². The Morgan fingerprint density at radius 2 is 1.62 bits per heavy atom. The van der Waals surface area contributed by atoms with Gasteiger partial charge in [-0.2, -0.15) is 0 Å². The Morgan fingerprint density at radius 1 is 0.875 bits per heavy atom. The van der Waals surface area contributed by atoms with Gasteiger partial charge in [0.2, 0.25) is 0 Å². The number of pyridine rings is 1. The van der Waals surface area contributed by atoms with E-state index >= 15 is 0 Å². The summed E-state index contributed by atoms with van der Waals surface area (Å²) in [5.41, 5.74) is 4.96. The molecule has 4 rings (SSSR count). The molecule has 0 N–H and O–H groups in total. The second-order valence-electron chi connectivity index (χ2n) is 5.78. The second kappa shape index (κ2) is 6.39. The van der Waals surface area contributed by atoms with Gasteiger partial charge < -0.3 is 4.40 Å². The van der Waals surface area contributed by atoms with Crippen molar-refractivity contribution in [2.45, 2.75) is 16.8 Å². The summed E-state index contributed by atoms with van der Waals surface area (Å²) >= 11 is 7.78. The van der Waals surface area contributed by atoms with Crippen molar-refractivity contribution in [3.05, 3.63) is 89.6 Å². The van der Waals surface area contributed by atoms with Gasteiger partial charge in [-0.05, 0) is 55.0 Å². The van der Waals surface area contributed by atoms with Crippen LogP contribution in [0.5, 0.6) is 0 Å². The Bertz CT molecular complexity index is 985. The maximum absolute atomic E-state index is 6.02. The van der Waals surface area contributed by atoms with Crippen LogP contribution in [0.15, 0.2) is 88.9 Å². The Kier molecular flexibility index (Phi) is 4.09. The number of halogens is 1. The van der Waals surface area contributed by atoms with Crippen LogP contribution in [-0.2, 0) is 0 Å². The molecule has 0 saturated carbocycles. The summed E-state index contributed by atoms with van der Waals surface area (Å²) < 4.78 is 2.24. The molecule has 0 aliphatic heterocycles. The first-order chi connectivity index (χ1) is 11.7. The van der Waals surface area contributed by atoms with Crippen LogP contribution in [0.25, 0.3) is 16.6 Å². The quantitative estimate of drug-likeness (QED) is 0.397. The van der Waals surface area contributed by atoms with Gasteiger partial charge in [-0.1, -0.05) is 59.3 Å². The van der Waals surface area contributed by atoms with Gasteiger partial charge in [0.05, 0.1) is 5.03 Å². The third-order valence-corrected chi connectivity index (χ3v) is 5.39. The van der Waals surface area contributed by atoms with Gasteiger partial charge in [0.25, 0.3) is 0 Å². The summed E-state index contributed by atoms with van der Waals surface area (Å²) in [6.07, 6.45) is 2.12. The SMILES string of the molecule is Cc1ccc(-c2cc3ccccn3c2Sc2ccc(Cl)cc2)cc1. The van der Waals surface area contributed by atoms with E-state index in [1.807, 2.05) is 12.1 Å². The zero-order valence-corrected chi connectivity index (χ0v) is 14.8. The van der Waals surface area contributed by atoms with Crippen LogP contribution < -0.4 is 0 Å². The number of benzene rings is 2. The molecule has 2 heterocycles. The van der Waals surface area contributed by atoms with Gasteiger partial charge in [-0.25, -0.2) is 0 Å². The fourth-order valence-corrected chi connectivity index (χ4v) is 3.93. The molecule has 0 spiro atoms. The standard InChI is InChI=1S/C21H16ClNS/c1-15-5-7-16(8-6-15)20-14-18-4-2-3-13-23(18)21(20)24-19-11-9-17(22)10-12-19/h2-14H,1H3. The molecule has 0 aliphatic carbocycles. The molecule has 2 aromatic heterocycles. The van der Waals surface area contributed by atoms with E-state index in [1.165, 1.54) is 32.1 Å². The summed E-state index contributed by atoms with van der Waals surface area (Å²) in [7, 11) is 0. The predicted molar refractivity (Wildman–Crippen MR) is 103 cm³/mol. The molecule has 2 aromatic carbocycles. The van der Waals surface area contributed by atoms with Crippen LogP contribution in [-0.4, -0.2) is 4.40 Å². The largest absolute Gasteiger partial charge is 0.311 e. The molecule has 24 heavy (non-hydrogen) atoms. The minimum Gasteiger partial charge on any atom is -0.311 e. The molecule has 0 saturated heterocycles. The minimum atomic E-state index is 0.762. The Labute approximate surface area is 150 Å². The highest BCUT2D eigenvalue weighted by Crippen LogP contribution is 2.38. The molecular weight excluding hydrogens is 334 g/mol. The fourth-order valence-electron chi connectivity index (χ4n) is 2.76. The molecule has 0 bridgehead atoms. The molecule has 0 unspecified atom stereocenters. The minimum absolute atomic E-state index is 0.762. The zero-order chi connectivity index (χ0) is 16.5. The van der Waals surface area contributed by atoms with Crippen molar-refractivity contribution in [3.8, 4) is 11.1 Å². The van der Waals surface area contributed by atoms with Crippen molar-refractivity contribution in [2.75, 3.05) is 0 Å². The molecule has 0 radical (unpaired) electrons. The number of rotatable bonds is 3. The van der Waals surface area contributed by atoms with E-state index in [2.05, 4.69) is 78.2 Å². The Balaban J connectivity index is 1.86. The van der Waals surface area contributed by atoms with E-state index in [9.17, 15) is 0 Å². The van der Waals surface area contributed by atoms with Gasteiger partial charge >= 0.3 is 0 Å². The van der Waals surface area contributed by atoms with Gasteiger partial charge in [0.15, 0.2) is 0 Å². The van der Waals surface area contributed by atoms with Crippen LogP contribution in [0.4, 0.5) is 0 Å². The van der Waals surface area contributed by atoms with Crippen LogP contribution in [0.3, 0.4) is 0 Å². The third kappa shape index (κ3) is 2.95. The summed E-state index contributed by atoms with van der Waals surface area (Å²) in [6.45, 7) is 2.11. The first-order valence-corrected chi connectivity index (χ1v) is 9.01. The van der Waals surface area contributed by atoms with Crippen molar-refractivity contribution in [1.82, 2.24) is 4.40 Å². The summed E-state index contributed by atoms with van der Waals surface area (Å²) in [5.74, 6) is 0. The number of fused-ring (bicyclic) bond motifs is 1. The van der Waals surface area contributed by atoms with E-state index in [0.717, 1.165) is 5.02 Å². The highest BCUT2D eigenvalue weighted by atomic mass is 35.5. The first kappa shape index (κ1) is 15.4. The van der Waals surface area contributed by atoms with Crippen LogP contribution in [0.2, 0.25) is 5.02 Å². The van der Waals surface area contributed by atoms with Crippen LogP contribution in [0.1, 0.15) is 5.56 Å². The summed E-state index contributed by atoms with van der Waals surface area (Å²) in [4.78, 5) is 1.18. The van der Waals surface area contributed by atoms with Crippen molar-refractivity contribution in [1.29, 1.82) is 0 Å². The number of aromatic nitrogens is 1. The monoisotopic (exact) mass is 349 g/mol. The maximum Gasteiger partial charge on any atom is 0.0922 e. The normalized spacial score (nSPS) is 11.1. The lowest BCUT2D eigenvalue weighted by Crippen LogP contribution is -1.86. The van der Waals surface area contributed by atoms with Gasteiger partial charge in [-0.15, -0.1) is 0 Å². The van der Waals surface area contributed by atoms with E-state index < -0.39 is 0 Å². The van der Waals surface area contributed by atoms with Gasteiger partial charge in [0.1, 0.15) is 0 Å². The maximum atomic E-state index is 6.02. The topological polar surface area (TPSA) is 4.41 Å². The third-order valence-electron chi connectivity index (χ3n) is 4.02. The molecule has 3 heteroatoms. The average molecular weight is 350 g/mol. The lowest BCUT2D eigenvalue weighted by atomic mass is 10.1. The highest BCUT2D eigenvalue weighted by Gasteiger charge is 2.13. The van der Waals surface area contributed by atoms with Gasteiger partial charge in [0, 0.05) is 27.2 Å². The van der Waals surface area contributed by atoms with Crippen LogP contribution >= 0.6 is 23.4 Å². The van der Waals surface area contributed by atoms with Crippen LogP contribution in [0, 0.1) is 6.92 Å². The zero-order valence-electron chi connectivity index (χ0n) is 13.2. The molecule has 0 amide bonds. The van der Waals surface area contributed by atoms with Crippen molar-refractivity contribution < 1.29 is 0 Å². The predicted octanol–water partition coefficient (Wildman–Crippen LogP) is 6.72. The number of aryl methyl sites for hydroxylation is 1. The highest BCUT2D eigenvalue weighted by molar-refractivity contribution is 7.99. The molecule has 0 atom stereocenters. The molecule has 0 aliphatic rings. The number of hydrogen-bond donors (Lipinski definition) is 0. The molecule has 4 aromatic rings. The van der Waals surface area contributed by atoms with Gasteiger partial charge in [-0.3, -0.25) is 0 Å². The van der Waals surface area contributed by atoms with E-state index in [-0.39, 0.29) is 0 Å². The summed E-state index contributed by atoms with van der Waals surface area (Å²) in [5, 5.41) is 1.98. The number of hydrogen-bond acceptors (Lipinski definition) is 1.